The van der Waals surface area contributed by atoms with Crippen LogP contribution in [0.3, 0.4) is 0 Å². The smallest absolute Gasteiger partial charge is 0.271 e. The molecular formula is C27H29ClN4O6S. The van der Waals surface area contributed by atoms with Crippen LogP contribution in [0.4, 0.5) is 11.4 Å². The van der Waals surface area contributed by atoms with Crippen molar-refractivity contribution in [1.29, 1.82) is 0 Å². The number of nitrogens with one attached hydrogen (secondary N) is 1. The van der Waals surface area contributed by atoms with E-state index in [1.807, 2.05) is 0 Å². The SMILES string of the molecule is CCNC(=O)[C@H](CC)N(Cc1ccc(Cl)cc1)C(=O)CN(c1cccc([N+](=O)[O-])c1)S(=O)(=O)c1ccccc1. The number of hydrogen-bond acceptors (Lipinski definition) is 6. The maximum absolute atomic E-state index is 13.9. The minimum absolute atomic E-state index is 0.0137. The molecule has 0 aliphatic heterocycles. The zero-order valence-electron chi connectivity index (χ0n) is 21.5. The zero-order valence-corrected chi connectivity index (χ0v) is 23.1. The van der Waals surface area contributed by atoms with Crippen LogP contribution in [0.2, 0.25) is 5.02 Å². The summed E-state index contributed by atoms with van der Waals surface area (Å²) in [6, 6.07) is 18.4. The number of rotatable bonds is 12. The van der Waals surface area contributed by atoms with Gasteiger partial charge in [-0.15, -0.1) is 0 Å². The minimum Gasteiger partial charge on any atom is -0.355 e. The normalized spacial score (nSPS) is 11.9. The third-order valence-corrected chi connectivity index (χ3v) is 7.98. The highest BCUT2D eigenvalue weighted by atomic mass is 35.5. The van der Waals surface area contributed by atoms with E-state index < -0.39 is 33.4 Å². The molecule has 2 amide bonds. The van der Waals surface area contributed by atoms with Crippen LogP contribution in [0, 0.1) is 10.1 Å². The molecule has 0 radical (unpaired) electrons. The molecule has 0 aliphatic carbocycles. The maximum atomic E-state index is 13.9. The number of sulfonamides is 1. The second-order valence-electron chi connectivity index (χ2n) is 8.57. The molecular weight excluding hydrogens is 544 g/mol. The third kappa shape index (κ3) is 7.33. The van der Waals surface area contributed by atoms with Crippen molar-refractivity contribution in [2.24, 2.45) is 0 Å². The number of hydrogen-bond donors (Lipinski definition) is 1. The predicted molar refractivity (Wildman–Crippen MR) is 149 cm³/mol. The number of carbonyl (C=O) groups is 2. The molecule has 0 unspecified atom stereocenters. The number of nitro benzene ring substituents is 1. The Morgan fingerprint density at radius 2 is 1.67 bits per heavy atom. The fourth-order valence-corrected chi connectivity index (χ4v) is 5.56. The summed E-state index contributed by atoms with van der Waals surface area (Å²) in [5.74, 6) is -1.04. The first-order chi connectivity index (χ1) is 18.6. The lowest BCUT2D eigenvalue weighted by Crippen LogP contribution is -2.52. The van der Waals surface area contributed by atoms with E-state index in [0.29, 0.717) is 17.1 Å². The molecule has 10 nitrogen and oxygen atoms in total. The Morgan fingerprint density at radius 3 is 2.26 bits per heavy atom. The monoisotopic (exact) mass is 572 g/mol. The second kappa shape index (κ2) is 13.2. The van der Waals surface area contributed by atoms with E-state index in [1.165, 1.54) is 47.4 Å². The molecule has 0 aliphatic rings. The van der Waals surface area contributed by atoms with E-state index >= 15 is 0 Å². The van der Waals surface area contributed by atoms with Crippen LogP contribution in [0.5, 0.6) is 0 Å². The van der Waals surface area contributed by atoms with E-state index in [0.717, 1.165) is 10.4 Å². The number of carbonyl (C=O) groups excluding carboxylic acids is 2. The van der Waals surface area contributed by atoms with E-state index in [2.05, 4.69) is 5.32 Å². The topological polar surface area (TPSA) is 130 Å². The first kappa shape index (κ1) is 29.6. The van der Waals surface area contributed by atoms with Crippen molar-refractivity contribution >= 4 is 44.8 Å². The van der Waals surface area contributed by atoms with Crippen LogP contribution in [-0.2, 0) is 26.2 Å². The molecule has 3 aromatic rings. The Bertz CT molecular complexity index is 1420. The Balaban J connectivity index is 2.08. The average molecular weight is 573 g/mol. The van der Waals surface area contributed by atoms with Crippen molar-refractivity contribution in [3.8, 4) is 0 Å². The molecule has 1 N–H and O–H groups in total. The lowest BCUT2D eigenvalue weighted by Gasteiger charge is -2.33. The van der Waals surface area contributed by atoms with Gasteiger partial charge in [-0.2, -0.15) is 0 Å². The zero-order chi connectivity index (χ0) is 28.6. The lowest BCUT2D eigenvalue weighted by atomic mass is 10.1. The van der Waals surface area contributed by atoms with Crippen LogP contribution in [0.15, 0.2) is 83.8 Å². The molecule has 1 atom stereocenters. The number of nitro groups is 1. The van der Waals surface area contributed by atoms with Crippen molar-refractivity contribution in [2.75, 3.05) is 17.4 Å². The standard InChI is InChI=1S/C27H29ClN4O6S/c1-3-25(27(34)29-4-2)30(18-20-13-15-21(28)16-14-20)26(33)19-31(22-9-8-10-23(17-22)32(35)36)39(37,38)24-11-6-5-7-12-24/h5-17,25H,3-4,18-19H2,1-2H3,(H,29,34)/t25-/m0/s1. The van der Waals surface area contributed by atoms with Gasteiger partial charge in [0.1, 0.15) is 12.6 Å². The van der Waals surface area contributed by atoms with Gasteiger partial charge >= 0.3 is 0 Å². The highest BCUT2D eigenvalue weighted by Gasteiger charge is 2.34. The van der Waals surface area contributed by atoms with E-state index in [9.17, 15) is 28.1 Å². The van der Waals surface area contributed by atoms with Crippen LogP contribution in [-0.4, -0.2) is 49.2 Å². The Hall–Kier alpha value is -3.96. The van der Waals surface area contributed by atoms with Crippen molar-refractivity contribution in [3.63, 3.8) is 0 Å². The van der Waals surface area contributed by atoms with Crippen molar-refractivity contribution in [2.45, 2.75) is 37.8 Å². The van der Waals surface area contributed by atoms with E-state index in [4.69, 9.17) is 11.6 Å². The van der Waals surface area contributed by atoms with Crippen LogP contribution in [0.1, 0.15) is 25.8 Å². The fraction of sp³-hybridized carbons (Fsp3) is 0.259. The molecule has 0 spiro atoms. The van der Waals surface area contributed by atoms with Gasteiger partial charge in [0.15, 0.2) is 0 Å². The molecule has 0 saturated heterocycles. The summed E-state index contributed by atoms with van der Waals surface area (Å²) in [6.45, 7) is 3.18. The van der Waals surface area contributed by atoms with Gasteiger partial charge in [-0.05, 0) is 49.2 Å². The van der Waals surface area contributed by atoms with E-state index in [-0.39, 0.29) is 35.1 Å². The van der Waals surface area contributed by atoms with Gasteiger partial charge in [0, 0.05) is 30.2 Å². The molecule has 0 fully saturated rings. The van der Waals surface area contributed by atoms with Crippen molar-refractivity contribution in [3.05, 3.63) is 99.6 Å². The lowest BCUT2D eigenvalue weighted by molar-refractivity contribution is -0.384. The third-order valence-electron chi connectivity index (χ3n) is 5.94. The predicted octanol–water partition coefficient (Wildman–Crippen LogP) is 4.39. The number of nitrogens with zero attached hydrogens (tertiary/aromatic N) is 3. The summed E-state index contributed by atoms with van der Waals surface area (Å²) in [7, 11) is -4.32. The number of halogens is 1. The van der Waals surface area contributed by atoms with Gasteiger partial charge < -0.3 is 10.2 Å². The number of anilines is 1. The van der Waals surface area contributed by atoms with Crippen LogP contribution < -0.4 is 9.62 Å². The van der Waals surface area contributed by atoms with Gasteiger partial charge in [-0.1, -0.05) is 54.9 Å². The maximum Gasteiger partial charge on any atom is 0.271 e. The molecule has 0 bridgehead atoms. The van der Waals surface area contributed by atoms with Crippen molar-refractivity contribution < 1.29 is 22.9 Å². The average Bonchev–Trinajstić information content (AvgIpc) is 2.93. The summed E-state index contributed by atoms with van der Waals surface area (Å²) in [5.41, 5.74) is 0.294. The second-order valence-corrected chi connectivity index (χ2v) is 10.9. The Morgan fingerprint density at radius 1 is 1.00 bits per heavy atom. The van der Waals surface area contributed by atoms with Crippen molar-refractivity contribution in [1.82, 2.24) is 10.2 Å². The number of benzene rings is 3. The molecule has 39 heavy (non-hydrogen) atoms. The highest BCUT2D eigenvalue weighted by molar-refractivity contribution is 7.92. The van der Waals surface area contributed by atoms with Gasteiger partial charge in [-0.25, -0.2) is 8.42 Å². The molecule has 0 saturated carbocycles. The number of likely N-dealkylation sites (N-methyl/N-ethyl adjacent to an activating group) is 1. The molecule has 3 aromatic carbocycles. The minimum atomic E-state index is -4.32. The molecule has 0 heterocycles. The first-order valence-corrected chi connectivity index (χ1v) is 14.0. The molecule has 12 heteroatoms. The summed E-state index contributed by atoms with van der Waals surface area (Å²) < 4.78 is 28.3. The molecule has 0 aromatic heterocycles. The van der Waals surface area contributed by atoms with Gasteiger partial charge in [0.2, 0.25) is 11.8 Å². The summed E-state index contributed by atoms with van der Waals surface area (Å²) in [4.78, 5) is 38.8. The molecule has 206 valence electrons. The molecule has 3 rings (SSSR count). The van der Waals surface area contributed by atoms with Crippen LogP contribution >= 0.6 is 11.6 Å². The van der Waals surface area contributed by atoms with E-state index in [1.54, 1.807) is 44.2 Å². The fourth-order valence-electron chi connectivity index (χ4n) is 4.01. The van der Waals surface area contributed by atoms with Gasteiger partial charge in [-0.3, -0.25) is 24.0 Å². The highest BCUT2D eigenvalue weighted by Crippen LogP contribution is 2.28. The van der Waals surface area contributed by atoms with Crippen LogP contribution in [0.25, 0.3) is 0 Å². The quantitative estimate of drug-likeness (QED) is 0.253. The number of amides is 2. The summed E-state index contributed by atoms with van der Waals surface area (Å²) in [5, 5.41) is 14.7. The largest absolute Gasteiger partial charge is 0.355 e. The summed E-state index contributed by atoms with van der Waals surface area (Å²) in [6.07, 6.45) is 0.271. The van der Waals surface area contributed by atoms with Gasteiger partial charge in [0.05, 0.1) is 15.5 Å². The Labute approximate surface area is 232 Å². The van der Waals surface area contributed by atoms with Gasteiger partial charge in [0.25, 0.3) is 15.7 Å². The summed E-state index contributed by atoms with van der Waals surface area (Å²) >= 11 is 6.01. The first-order valence-electron chi connectivity index (χ1n) is 12.2. The Kier molecular flexibility index (Phi) is 10.0. The number of non-ortho nitro benzene ring substituents is 1.